The van der Waals surface area contributed by atoms with Crippen LogP contribution in [0, 0.1) is 109 Å². The quantitative estimate of drug-likeness (QED) is 0.0280. The molecular formula is C80H92F2N6O5S8. The van der Waals surface area contributed by atoms with E-state index in [1.165, 1.54) is 183 Å². The highest BCUT2D eigenvalue weighted by Gasteiger charge is 2.31. The van der Waals surface area contributed by atoms with Crippen molar-refractivity contribution in [2.24, 2.45) is 0 Å². The molecule has 7 heterocycles. The molecule has 2 N–H and O–H groups in total. The van der Waals surface area contributed by atoms with Crippen LogP contribution in [-0.2, 0) is 39.3 Å². The molecule has 1 aromatic carbocycles. The Bertz CT molecular complexity index is 4680. The van der Waals surface area contributed by atoms with Crippen molar-refractivity contribution >= 4 is 109 Å². The molecule has 0 saturated carbocycles. The number of aryl methyl sites for hydroxylation is 5. The number of hydrogen-bond donors (Lipinski definition) is 2. The summed E-state index contributed by atoms with van der Waals surface area (Å²) >= 11 is 8.56. The summed E-state index contributed by atoms with van der Waals surface area (Å²) in [6, 6.07) is 7.59. The summed E-state index contributed by atoms with van der Waals surface area (Å²) < 4.78 is 99.6. The average Bonchev–Trinajstić information content (AvgIpc) is 1.64. The van der Waals surface area contributed by atoms with Crippen molar-refractivity contribution in [2.75, 3.05) is 24.6 Å². The molecule has 0 atom stereocenters. The van der Waals surface area contributed by atoms with E-state index in [0.717, 1.165) is 82.2 Å². The van der Waals surface area contributed by atoms with E-state index in [0.29, 0.717) is 55.8 Å². The molecule has 0 saturated heterocycles. The number of rotatable bonds is 44. The number of halogens is 2. The van der Waals surface area contributed by atoms with Gasteiger partial charge in [-0.15, -0.1) is 51.8 Å². The third-order valence-corrected chi connectivity index (χ3v) is 27.2. The first kappa shape index (κ1) is 80.2. The van der Waals surface area contributed by atoms with E-state index < -0.39 is 31.7 Å². The third-order valence-electron chi connectivity index (χ3n) is 17.3. The lowest BCUT2D eigenvalue weighted by atomic mass is 10.0. The first-order valence-electron chi connectivity index (χ1n) is 35.9. The van der Waals surface area contributed by atoms with Crippen LogP contribution in [0.1, 0.15) is 233 Å². The van der Waals surface area contributed by atoms with Crippen molar-refractivity contribution in [1.82, 2.24) is 29.7 Å². The van der Waals surface area contributed by atoms with Crippen molar-refractivity contribution in [3.05, 3.63) is 67.9 Å². The van der Waals surface area contributed by atoms with E-state index in [-0.39, 0.29) is 51.4 Å². The Morgan fingerprint density at radius 2 is 0.842 bits per heavy atom. The molecule has 0 aliphatic rings. The van der Waals surface area contributed by atoms with Gasteiger partial charge < -0.3 is 0 Å². The molecule has 0 bridgehead atoms. The number of nitrogens with one attached hydrogen (secondary N) is 2. The molecule has 0 aliphatic carbocycles. The molecule has 534 valence electrons. The minimum absolute atomic E-state index is 0.0189. The summed E-state index contributed by atoms with van der Waals surface area (Å²) in [4.78, 5) is 17.8. The molecule has 0 aliphatic heterocycles. The number of unbranched alkanes of at least 4 members (excludes halogenated alkanes) is 25. The van der Waals surface area contributed by atoms with Gasteiger partial charge in [-0.05, 0) is 175 Å². The largest absolute Gasteiger partial charge is 0.243 e. The molecule has 101 heavy (non-hydrogen) atoms. The number of nitrogens with zero attached hydrogens (tertiary/aromatic N) is 4. The topological polar surface area (TPSA) is 157 Å². The summed E-state index contributed by atoms with van der Waals surface area (Å²) in [6.07, 6.45) is 39.2. The van der Waals surface area contributed by atoms with E-state index >= 15 is 8.78 Å². The van der Waals surface area contributed by atoms with Crippen LogP contribution in [0.2, 0.25) is 0 Å². The lowest BCUT2D eigenvalue weighted by molar-refractivity contribution is 0.315. The molecular weight excluding hydrogens is 1420 g/mol. The highest BCUT2D eigenvalue weighted by atomic mass is 32.2. The number of sulfonamides is 2. The fraction of sp³-hybridized carbons (Fsp3) is 0.500. The van der Waals surface area contributed by atoms with E-state index in [1.807, 2.05) is 13.0 Å². The number of hydrogen-bond acceptors (Lipinski definition) is 15. The van der Waals surface area contributed by atoms with Crippen LogP contribution in [0.3, 0.4) is 0 Å². The van der Waals surface area contributed by atoms with E-state index in [2.05, 4.69) is 130 Å². The van der Waals surface area contributed by atoms with Crippen LogP contribution in [0.25, 0.3) is 71.1 Å². The van der Waals surface area contributed by atoms with Crippen LogP contribution < -0.4 is 9.44 Å². The second kappa shape index (κ2) is 43.0. The molecule has 0 unspecified atom stereocenters. The first-order chi connectivity index (χ1) is 49.1. The van der Waals surface area contributed by atoms with Crippen molar-refractivity contribution in [1.29, 1.82) is 0 Å². The van der Waals surface area contributed by atoms with Crippen molar-refractivity contribution in [3.8, 4) is 134 Å². The van der Waals surface area contributed by atoms with Gasteiger partial charge in [0.15, 0.2) is 21.3 Å². The lowest BCUT2D eigenvalue weighted by Gasteiger charge is -2.08. The van der Waals surface area contributed by atoms with Crippen molar-refractivity contribution < 1.29 is 30.2 Å². The summed E-state index contributed by atoms with van der Waals surface area (Å²) in [6.45, 7) is 11.3. The molecule has 8 aromatic rings. The predicted octanol–water partition coefficient (Wildman–Crippen LogP) is 21.2. The first-order valence-corrected chi connectivity index (χ1v) is 44.1. The fourth-order valence-corrected chi connectivity index (χ4v) is 21.0. The Morgan fingerprint density at radius 1 is 0.436 bits per heavy atom. The molecule has 0 fully saturated rings. The number of fused-ring (bicyclic) bond motifs is 2. The Labute approximate surface area is 623 Å². The maximum atomic E-state index is 17.4. The van der Waals surface area contributed by atoms with Gasteiger partial charge in [0.25, 0.3) is 0 Å². The summed E-state index contributed by atoms with van der Waals surface area (Å²) in [5.74, 6) is 31.6. The molecule has 0 amide bonds. The number of benzene rings is 1. The zero-order chi connectivity index (χ0) is 71.7. The van der Waals surface area contributed by atoms with Gasteiger partial charge in [0, 0.05) is 47.9 Å². The number of aromatic nitrogens is 4. The number of thiazole rings is 2. The second-order valence-corrected chi connectivity index (χ2v) is 35.8. The summed E-state index contributed by atoms with van der Waals surface area (Å²) in [7, 11) is -7.42. The minimum atomic E-state index is -3.80. The Morgan fingerprint density at radius 3 is 1.34 bits per heavy atom. The number of terminal acetylenes is 1. The Kier molecular flexibility index (Phi) is 34.1. The van der Waals surface area contributed by atoms with Gasteiger partial charge in [0.1, 0.15) is 21.0 Å². The van der Waals surface area contributed by atoms with Crippen LogP contribution in [0.4, 0.5) is 8.78 Å². The predicted molar refractivity (Wildman–Crippen MR) is 424 cm³/mol. The van der Waals surface area contributed by atoms with Crippen molar-refractivity contribution in [3.63, 3.8) is 0 Å². The molecule has 0 radical (unpaired) electrons. The van der Waals surface area contributed by atoms with Gasteiger partial charge in [-0.3, -0.25) is 0 Å². The zero-order valence-electron chi connectivity index (χ0n) is 59.0. The second-order valence-electron chi connectivity index (χ2n) is 25.4. The standard InChI is InChI=1S/C80H92F2N6O5S8/c1-7-11-15-19-23-27-29-31-33-35-39-43-47-62-55-59(5)94-75(62)77-85-79-80(98-77)86-78(99-79)76-63(48-44-40-36-34-32-30-28-24-20-16-12-8-2)58-67(97-76)74-64(50-54-101(91,92)84-52-46-42-38-26-22-18-14-10-4)57-66(96-74)69-71(82)70(81)68(72-73(69)88-93-87-72)65-56-61(60(6)95-65)49-53-100(89,90)83-51-45-41-37-25-21-17-13-9-3/h2,55-58,83-84H,7,9-11,13-15,17-19,21-23,25-27,29,31,33,35,37-39,41-43,45-47,49-54H2,1,3-6H3. The van der Waals surface area contributed by atoms with Crippen molar-refractivity contribution in [2.45, 2.75) is 234 Å². The monoisotopic (exact) mass is 1510 g/mol. The molecule has 8 rings (SSSR count). The van der Waals surface area contributed by atoms with Gasteiger partial charge in [-0.2, -0.15) is 0 Å². The molecule has 21 heteroatoms. The molecule has 7 aromatic heterocycles. The van der Waals surface area contributed by atoms with Gasteiger partial charge >= 0.3 is 0 Å². The lowest BCUT2D eigenvalue weighted by Crippen LogP contribution is -2.28. The third kappa shape index (κ3) is 25.4. The summed E-state index contributed by atoms with van der Waals surface area (Å²) in [5.41, 5.74) is 2.76. The average molecular weight is 1510 g/mol. The highest BCUT2D eigenvalue weighted by Crippen LogP contribution is 2.50. The van der Waals surface area contributed by atoms with Crippen LogP contribution in [0.5, 0.6) is 0 Å². The molecule has 0 spiro atoms. The van der Waals surface area contributed by atoms with Gasteiger partial charge in [0.05, 0.1) is 32.4 Å². The Hall–Kier alpha value is -6.46. The maximum Gasteiger partial charge on any atom is 0.211 e. The van der Waals surface area contributed by atoms with Gasteiger partial charge in [-0.25, -0.2) is 49.7 Å². The van der Waals surface area contributed by atoms with E-state index in [1.54, 1.807) is 34.8 Å². The highest BCUT2D eigenvalue weighted by molar-refractivity contribution is 7.89. The van der Waals surface area contributed by atoms with Gasteiger partial charge in [-0.1, -0.05) is 210 Å². The van der Waals surface area contributed by atoms with E-state index in [9.17, 15) is 16.8 Å². The fourth-order valence-electron chi connectivity index (χ4n) is 11.9. The maximum absolute atomic E-state index is 17.4. The SMILES string of the molecule is C#CC#CC#CC#CC#CC#CC#Cc1cc(-c2sc(-c3c(F)c(F)c(-c4cc(CCS(=O)(=O)NCCCCCCCCCC)c(C)s4)c4nonc34)cc2CCS(=O)(=O)NCCCCCCCCCC)sc1-c1nc2sc(-c3sc(C)cc3CCCCCCCCCCCCCC)nc2s1. The zero-order valence-corrected chi connectivity index (χ0v) is 65.5. The van der Waals surface area contributed by atoms with Crippen LogP contribution in [-0.4, -0.2) is 61.7 Å². The smallest absolute Gasteiger partial charge is 0.211 e. The van der Waals surface area contributed by atoms with Crippen LogP contribution in [0.15, 0.2) is 28.9 Å². The minimum Gasteiger partial charge on any atom is -0.243 e. The Balaban J connectivity index is 1.09. The van der Waals surface area contributed by atoms with E-state index in [4.69, 9.17) is 21.0 Å². The summed E-state index contributed by atoms with van der Waals surface area (Å²) in [5, 5.41) is 9.96. The normalized spacial score (nSPS) is 11.3. The molecule has 11 nitrogen and oxygen atoms in total. The van der Waals surface area contributed by atoms with Crippen LogP contribution >= 0.6 is 68.0 Å². The number of thiophene rings is 4. The van der Waals surface area contributed by atoms with Gasteiger partial charge in [0.2, 0.25) is 20.0 Å².